The van der Waals surface area contributed by atoms with Crippen molar-refractivity contribution in [2.75, 3.05) is 34.2 Å². The standard InChI is InChI=1S/C12H25N5O2S/c1-11(9-16(3)4)15-20(18,19)12-8-14-17(10-12)7-5-6-13-2/h8,10-11,13,15H,5-7,9H2,1-4H3. The van der Waals surface area contributed by atoms with Crippen LogP contribution in [0.3, 0.4) is 0 Å². The largest absolute Gasteiger partial charge is 0.320 e. The molecular formula is C12H25N5O2S. The number of hydrogen-bond acceptors (Lipinski definition) is 5. The number of aryl methyl sites for hydroxylation is 1. The Balaban J connectivity index is 2.63. The molecule has 1 unspecified atom stereocenters. The van der Waals surface area contributed by atoms with E-state index < -0.39 is 10.0 Å². The van der Waals surface area contributed by atoms with Crippen LogP contribution in [-0.2, 0) is 16.6 Å². The van der Waals surface area contributed by atoms with Crippen LogP contribution >= 0.6 is 0 Å². The lowest BCUT2D eigenvalue weighted by atomic mass is 10.3. The Morgan fingerprint density at radius 1 is 1.45 bits per heavy atom. The van der Waals surface area contributed by atoms with Crippen molar-refractivity contribution in [3.05, 3.63) is 12.4 Å². The molecule has 8 heteroatoms. The monoisotopic (exact) mass is 303 g/mol. The first-order chi connectivity index (χ1) is 9.35. The highest BCUT2D eigenvalue weighted by atomic mass is 32.2. The van der Waals surface area contributed by atoms with Crippen LogP contribution in [0.2, 0.25) is 0 Å². The topological polar surface area (TPSA) is 79.3 Å². The molecule has 0 aromatic carbocycles. The Kier molecular flexibility index (Phi) is 6.60. The SMILES string of the molecule is CNCCCn1cc(S(=O)(=O)NC(C)CN(C)C)cn1. The van der Waals surface area contributed by atoms with Gasteiger partial charge < -0.3 is 10.2 Å². The molecule has 0 aliphatic carbocycles. The highest BCUT2D eigenvalue weighted by molar-refractivity contribution is 7.89. The molecule has 0 amide bonds. The zero-order valence-electron chi connectivity index (χ0n) is 12.6. The van der Waals surface area contributed by atoms with Gasteiger partial charge in [0.15, 0.2) is 0 Å². The minimum atomic E-state index is -3.49. The van der Waals surface area contributed by atoms with E-state index in [4.69, 9.17) is 0 Å². The summed E-state index contributed by atoms with van der Waals surface area (Å²) in [4.78, 5) is 2.15. The summed E-state index contributed by atoms with van der Waals surface area (Å²) in [7, 11) is 2.21. The molecular weight excluding hydrogens is 278 g/mol. The van der Waals surface area contributed by atoms with Gasteiger partial charge in [-0.25, -0.2) is 13.1 Å². The molecule has 7 nitrogen and oxygen atoms in total. The summed E-state index contributed by atoms with van der Waals surface area (Å²) in [5.41, 5.74) is 0. The molecule has 1 aromatic heterocycles. The van der Waals surface area contributed by atoms with Crippen LogP contribution in [0.1, 0.15) is 13.3 Å². The van der Waals surface area contributed by atoms with Crippen LogP contribution < -0.4 is 10.0 Å². The predicted molar refractivity (Wildman–Crippen MR) is 79.1 cm³/mol. The molecule has 0 saturated carbocycles. The highest BCUT2D eigenvalue weighted by Gasteiger charge is 2.19. The average molecular weight is 303 g/mol. The summed E-state index contributed by atoms with van der Waals surface area (Å²) in [5.74, 6) is 0. The van der Waals surface area contributed by atoms with E-state index in [0.717, 1.165) is 13.0 Å². The fourth-order valence-electron chi connectivity index (χ4n) is 1.94. The maximum atomic E-state index is 12.2. The van der Waals surface area contributed by atoms with Gasteiger partial charge in [-0.15, -0.1) is 0 Å². The van der Waals surface area contributed by atoms with Gasteiger partial charge in [0.25, 0.3) is 0 Å². The van der Waals surface area contributed by atoms with E-state index in [1.807, 2.05) is 33.0 Å². The molecule has 1 rings (SSSR count). The Hall–Kier alpha value is -0.960. The number of nitrogens with one attached hydrogen (secondary N) is 2. The van der Waals surface area contributed by atoms with Crippen molar-refractivity contribution < 1.29 is 8.42 Å². The van der Waals surface area contributed by atoms with Crippen LogP contribution in [0.15, 0.2) is 17.3 Å². The number of likely N-dealkylation sites (N-methyl/N-ethyl adjacent to an activating group) is 1. The quantitative estimate of drug-likeness (QED) is 0.614. The molecule has 0 saturated heterocycles. The molecule has 2 N–H and O–H groups in total. The lowest BCUT2D eigenvalue weighted by molar-refractivity contribution is 0.370. The van der Waals surface area contributed by atoms with Gasteiger partial charge in [0.05, 0.1) is 6.20 Å². The van der Waals surface area contributed by atoms with Crippen LogP contribution in [0.25, 0.3) is 0 Å². The van der Waals surface area contributed by atoms with Crippen molar-refractivity contribution in [3.8, 4) is 0 Å². The average Bonchev–Trinajstić information content (AvgIpc) is 2.76. The fourth-order valence-corrected chi connectivity index (χ4v) is 3.13. The van der Waals surface area contributed by atoms with E-state index in [9.17, 15) is 8.42 Å². The van der Waals surface area contributed by atoms with Crippen molar-refractivity contribution in [1.82, 2.24) is 24.7 Å². The lowest BCUT2D eigenvalue weighted by Gasteiger charge is -2.17. The second kappa shape index (κ2) is 7.72. The maximum Gasteiger partial charge on any atom is 0.243 e. The van der Waals surface area contributed by atoms with Gasteiger partial charge in [0.1, 0.15) is 4.90 Å². The Morgan fingerprint density at radius 3 is 2.75 bits per heavy atom. The predicted octanol–water partition coefficient (Wildman–Crippen LogP) is -0.279. The molecule has 0 spiro atoms. The van der Waals surface area contributed by atoms with Crippen molar-refractivity contribution in [1.29, 1.82) is 0 Å². The van der Waals surface area contributed by atoms with Crippen LogP contribution in [0.5, 0.6) is 0 Å². The first-order valence-corrected chi connectivity index (χ1v) is 8.17. The Morgan fingerprint density at radius 2 is 2.15 bits per heavy atom. The van der Waals surface area contributed by atoms with Gasteiger partial charge >= 0.3 is 0 Å². The third kappa shape index (κ3) is 5.58. The van der Waals surface area contributed by atoms with Crippen LogP contribution in [-0.4, -0.2) is 63.4 Å². The van der Waals surface area contributed by atoms with Gasteiger partial charge in [-0.1, -0.05) is 0 Å². The summed E-state index contributed by atoms with van der Waals surface area (Å²) in [6.45, 7) is 4.06. The molecule has 1 atom stereocenters. The van der Waals surface area contributed by atoms with E-state index in [1.54, 1.807) is 10.9 Å². The van der Waals surface area contributed by atoms with Crippen molar-refractivity contribution >= 4 is 10.0 Å². The maximum absolute atomic E-state index is 12.2. The van der Waals surface area contributed by atoms with Crippen LogP contribution in [0, 0.1) is 0 Å². The van der Waals surface area contributed by atoms with E-state index >= 15 is 0 Å². The van der Waals surface area contributed by atoms with Gasteiger partial charge in [0.2, 0.25) is 10.0 Å². The number of aromatic nitrogens is 2. The lowest BCUT2D eigenvalue weighted by Crippen LogP contribution is -2.39. The van der Waals surface area contributed by atoms with Gasteiger partial charge in [-0.3, -0.25) is 4.68 Å². The number of sulfonamides is 1. The Bertz CT molecular complexity index is 498. The molecule has 0 fully saturated rings. The van der Waals surface area contributed by atoms with Crippen molar-refractivity contribution in [3.63, 3.8) is 0 Å². The van der Waals surface area contributed by atoms with Gasteiger partial charge in [-0.2, -0.15) is 5.10 Å². The zero-order chi connectivity index (χ0) is 15.2. The number of hydrogen-bond donors (Lipinski definition) is 2. The second-order valence-corrected chi connectivity index (χ2v) is 6.89. The summed E-state index contributed by atoms with van der Waals surface area (Å²) < 4.78 is 28.6. The van der Waals surface area contributed by atoms with E-state index in [2.05, 4.69) is 15.1 Å². The van der Waals surface area contributed by atoms with Gasteiger partial charge in [-0.05, 0) is 41.0 Å². The molecule has 116 valence electrons. The molecule has 1 heterocycles. The van der Waals surface area contributed by atoms with E-state index in [0.29, 0.717) is 13.1 Å². The van der Waals surface area contributed by atoms with E-state index in [1.165, 1.54) is 6.20 Å². The van der Waals surface area contributed by atoms with E-state index in [-0.39, 0.29) is 10.9 Å². The molecule has 0 aliphatic heterocycles. The minimum absolute atomic E-state index is 0.150. The summed E-state index contributed by atoms with van der Waals surface area (Å²) in [6.07, 6.45) is 3.87. The minimum Gasteiger partial charge on any atom is -0.320 e. The van der Waals surface area contributed by atoms with Crippen molar-refractivity contribution in [2.24, 2.45) is 0 Å². The first-order valence-electron chi connectivity index (χ1n) is 6.69. The Labute approximate surface area is 121 Å². The third-order valence-corrected chi connectivity index (χ3v) is 4.27. The van der Waals surface area contributed by atoms with Crippen molar-refractivity contribution in [2.45, 2.75) is 30.8 Å². The third-order valence-electron chi connectivity index (χ3n) is 2.73. The smallest absolute Gasteiger partial charge is 0.243 e. The van der Waals surface area contributed by atoms with Crippen LogP contribution in [0.4, 0.5) is 0 Å². The summed E-state index contributed by atoms with van der Waals surface area (Å²) >= 11 is 0. The molecule has 1 aromatic rings. The summed E-state index contributed by atoms with van der Waals surface area (Å²) in [5, 5.41) is 7.12. The normalized spacial score (nSPS) is 13.8. The zero-order valence-corrected chi connectivity index (χ0v) is 13.4. The molecule has 0 aliphatic rings. The van der Waals surface area contributed by atoms with Gasteiger partial charge in [0, 0.05) is 25.3 Å². The molecule has 0 bridgehead atoms. The highest BCUT2D eigenvalue weighted by Crippen LogP contribution is 2.08. The summed E-state index contributed by atoms with van der Waals surface area (Å²) in [6, 6.07) is -0.150. The number of rotatable bonds is 9. The molecule has 20 heavy (non-hydrogen) atoms. The second-order valence-electron chi connectivity index (χ2n) is 5.18. The first kappa shape index (κ1) is 17.1. The molecule has 0 radical (unpaired) electrons. The number of nitrogens with zero attached hydrogens (tertiary/aromatic N) is 3. The fraction of sp³-hybridized carbons (Fsp3) is 0.750.